The molecule has 0 saturated carbocycles. The Hall–Kier alpha value is -1.66. The van der Waals surface area contributed by atoms with Crippen LogP contribution in [-0.4, -0.2) is 19.5 Å². The van der Waals surface area contributed by atoms with E-state index < -0.39 is 7.26 Å². The highest BCUT2D eigenvalue weighted by atomic mass is 31.2. The van der Waals surface area contributed by atoms with Gasteiger partial charge in [-0.1, -0.05) is 36.4 Å². The van der Waals surface area contributed by atoms with Gasteiger partial charge < -0.3 is 4.74 Å². The van der Waals surface area contributed by atoms with Crippen molar-refractivity contribution >= 4 is 23.6 Å². The van der Waals surface area contributed by atoms with Crippen molar-refractivity contribution in [1.29, 1.82) is 0 Å². The fraction of sp³-hybridized carbons (Fsp3) is 0.133. The molecule has 0 unspecified atom stereocenters. The molecule has 0 saturated heterocycles. The summed E-state index contributed by atoms with van der Waals surface area (Å²) in [6.07, 6.45) is 0. The lowest BCUT2D eigenvalue weighted by Crippen LogP contribution is -2.27. The Labute approximate surface area is 108 Å². The van der Waals surface area contributed by atoms with Crippen molar-refractivity contribution in [2.24, 2.45) is 0 Å². The van der Waals surface area contributed by atoms with Crippen molar-refractivity contribution in [3.05, 3.63) is 60.7 Å². The maximum Gasteiger partial charge on any atom is 0.460 e. The molecule has 0 fully saturated rings. The normalized spacial score (nSPS) is 11.0. The Morgan fingerprint density at radius 3 is 1.61 bits per heavy atom. The van der Waals surface area contributed by atoms with Crippen molar-refractivity contribution < 1.29 is 9.53 Å². The van der Waals surface area contributed by atoms with Crippen LogP contribution in [0.2, 0.25) is 0 Å². The van der Waals surface area contributed by atoms with Crippen molar-refractivity contribution in [3.8, 4) is 0 Å². The number of ether oxygens (including phenoxy) is 1. The van der Waals surface area contributed by atoms with E-state index in [2.05, 4.69) is 0 Å². The quantitative estimate of drug-likeness (QED) is 0.792. The lowest BCUT2D eigenvalue weighted by atomic mass is 10.4. The lowest BCUT2D eigenvalue weighted by Gasteiger charge is -2.18. The third-order valence-electron chi connectivity index (χ3n) is 3.08. The molecule has 2 aromatic rings. The average molecular weight is 259 g/mol. The van der Waals surface area contributed by atoms with Gasteiger partial charge in [0.2, 0.25) is 0 Å². The van der Waals surface area contributed by atoms with Crippen LogP contribution in [0.3, 0.4) is 0 Å². The third kappa shape index (κ3) is 2.16. The second kappa shape index (κ2) is 5.32. The predicted octanol–water partition coefficient (Wildman–Crippen LogP) is 3.05. The molecule has 0 amide bonds. The van der Waals surface area contributed by atoms with E-state index in [-0.39, 0.29) is 5.71 Å². The first kappa shape index (κ1) is 12.8. The first-order chi connectivity index (χ1) is 8.69. The molecule has 2 rings (SSSR count). The molecule has 0 radical (unpaired) electrons. The zero-order chi connectivity index (χ0) is 13.0. The van der Waals surface area contributed by atoms with Gasteiger partial charge in [0.05, 0.1) is 13.8 Å². The van der Waals surface area contributed by atoms with Gasteiger partial charge in [-0.15, -0.1) is 0 Å². The first-order valence-electron chi connectivity index (χ1n) is 5.76. The second-order valence-electron chi connectivity index (χ2n) is 4.15. The van der Waals surface area contributed by atoms with Gasteiger partial charge >= 0.3 is 5.71 Å². The van der Waals surface area contributed by atoms with E-state index >= 15 is 0 Å². The number of carbonyl (C=O) groups is 1. The predicted molar refractivity (Wildman–Crippen MR) is 77.4 cm³/mol. The maximum atomic E-state index is 12.3. The van der Waals surface area contributed by atoms with Crippen LogP contribution in [0, 0.1) is 0 Å². The average Bonchev–Trinajstić information content (AvgIpc) is 2.47. The van der Waals surface area contributed by atoms with Gasteiger partial charge in [0.25, 0.3) is 0 Å². The van der Waals surface area contributed by atoms with Crippen LogP contribution >= 0.6 is 7.26 Å². The van der Waals surface area contributed by atoms with E-state index in [9.17, 15) is 4.79 Å². The summed E-state index contributed by atoms with van der Waals surface area (Å²) in [6, 6.07) is 19.7. The Bertz CT molecular complexity index is 483. The van der Waals surface area contributed by atoms with Gasteiger partial charge in [0.15, 0.2) is 7.26 Å². The summed E-state index contributed by atoms with van der Waals surface area (Å²) in [7, 11) is -0.675. The second-order valence-corrected chi connectivity index (χ2v) is 7.56. The van der Waals surface area contributed by atoms with Crippen molar-refractivity contribution in [2.75, 3.05) is 13.8 Å². The molecule has 0 spiro atoms. The molecule has 0 aliphatic carbocycles. The number of methoxy groups -OCH3 is 1. The highest BCUT2D eigenvalue weighted by Crippen LogP contribution is 2.54. The Kier molecular flexibility index (Phi) is 3.78. The summed E-state index contributed by atoms with van der Waals surface area (Å²) in [5.74, 6) is 0. The Balaban J connectivity index is 2.59. The summed E-state index contributed by atoms with van der Waals surface area (Å²) in [5.41, 5.74) is -0.139. The molecule has 2 aromatic carbocycles. The van der Waals surface area contributed by atoms with Crippen LogP contribution in [0.5, 0.6) is 0 Å². The van der Waals surface area contributed by atoms with Crippen molar-refractivity contribution in [1.82, 2.24) is 0 Å². The molecule has 0 aliphatic heterocycles. The molecule has 0 N–H and O–H groups in total. The van der Waals surface area contributed by atoms with E-state index in [1.165, 1.54) is 7.11 Å². The van der Waals surface area contributed by atoms with Gasteiger partial charge in [-0.25, -0.2) is 4.79 Å². The van der Waals surface area contributed by atoms with Gasteiger partial charge in [0, 0.05) is 0 Å². The SMILES string of the molecule is COC(=O)[P+](C)(c1ccccc1)c1ccccc1. The number of hydrogen-bond acceptors (Lipinski definition) is 2. The molecular formula is C15H16O2P+. The zero-order valence-electron chi connectivity index (χ0n) is 10.5. The number of rotatable bonds is 3. The van der Waals surface area contributed by atoms with E-state index in [4.69, 9.17) is 4.74 Å². The van der Waals surface area contributed by atoms with Gasteiger partial charge in [-0.3, -0.25) is 0 Å². The van der Waals surface area contributed by atoms with Crippen LogP contribution in [0.25, 0.3) is 0 Å². The molecule has 0 bridgehead atoms. The minimum Gasteiger partial charge on any atom is -0.439 e. The number of carbonyl (C=O) groups excluding carboxylic acids is 1. The van der Waals surface area contributed by atoms with E-state index in [0.29, 0.717) is 0 Å². The fourth-order valence-electron chi connectivity index (χ4n) is 1.99. The highest BCUT2D eigenvalue weighted by molar-refractivity contribution is 8.01. The van der Waals surface area contributed by atoms with Crippen LogP contribution in [-0.2, 0) is 4.74 Å². The molecule has 0 atom stereocenters. The summed E-state index contributed by atoms with van der Waals surface area (Å²) >= 11 is 0. The topological polar surface area (TPSA) is 26.3 Å². The van der Waals surface area contributed by atoms with Gasteiger partial charge in [0.1, 0.15) is 10.6 Å². The fourth-order valence-corrected chi connectivity index (χ4v) is 4.62. The zero-order valence-corrected chi connectivity index (χ0v) is 11.4. The standard InChI is InChI=1S/C15H16O2P/c1-17-15(16)18(2,13-9-5-3-6-10-13)14-11-7-4-8-12-14/h3-12H,1-2H3/q+1. The monoisotopic (exact) mass is 259 g/mol. The molecule has 0 aromatic heterocycles. The molecule has 3 heteroatoms. The molecule has 0 heterocycles. The summed E-state index contributed by atoms with van der Waals surface area (Å²) < 4.78 is 5.03. The molecule has 92 valence electrons. The van der Waals surface area contributed by atoms with E-state index in [0.717, 1.165) is 10.6 Å². The van der Waals surface area contributed by atoms with Crippen LogP contribution in [0.4, 0.5) is 4.79 Å². The number of benzene rings is 2. The number of hydrogen-bond donors (Lipinski definition) is 0. The minimum absolute atomic E-state index is 0.139. The van der Waals surface area contributed by atoms with Crippen molar-refractivity contribution in [2.45, 2.75) is 0 Å². The summed E-state index contributed by atoms with van der Waals surface area (Å²) in [5, 5.41) is 2.09. The van der Waals surface area contributed by atoms with Crippen LogP contribution < -0.4 is 10.6 Å². The first-order valence-corrected chi connectivity index (χ1v) is 7.99. The van der Waals surface area contributed by atoms with Crippen LogP contribution in [0.1, 0.15) is 0 Å². The van der Waals surface area contributed by atoms with Crippen molar-refractivity contribution in [3.63, 3.8) is 0 Å². The van der Waals surface area contributed by atoms with Gasteiger partial charge in [-0.2, -0.15) is 0 Å². The summed E-state index contributed by atoms with van der Waals surface area (Å²) in [6.45, 7) is 2.00. The smallest absolute Gasteiger partial charge is 0.439 e. The lowest BCUT2D eigenvalue weighted by molar-refractivity contribution is 0.199. The molecular weight excluding hydrogens is 243 g/mol. The molecule has 0 aliphatic rings. The minimum atomic E-state index is -2.13. The third-order valence-corrected chi connectivity index (χ3v) is 6.66. The van der Waals surface area contributed by atoms with Crippen LogP contribution in [0.15, 0.2) is 60.7 Å². The summed E-state index contributed by atoms with van der Waals surface area (Å²) in [4.78, 5) is 12.3. The van der Waals surface area contributed by atoms with E-state index in [1.54, 1.807) is 0 Å². The Morgan fingerprint density at radius 1 is 0.889 bits per heavy atom. The Morgan fingerprint density at radius 2 is 1.28 bits per heavy atom. The molecule has 2 nitrogen and oxygen atoms in total. The molecule has 18 heavy (non-hydrogen) atoms. The van der Waals surface area contributed by atoms with E-state index in [1.807, 2.05) is 67.3 Å². The highest BCUT2D eigenvalue weighted by Gasteiger charge is 2.47. The largest absolute Gasteiger partial charge is 0.460 e. The maximum absolute atomic E-state index is 12.3. The van der Waals surface area contributed by atoms with Gasteiger partial charge in [-0.05, 0) is 24.3 Å².